The summed E-state index contributed by atoms with van der Waals surface area (Å²) in [6.07, 6.45) is -4.62. The first-order chi connectivity index (χ1) is 11.4. The summed E-state index contributed by atoms with van der Waals surface area (Å²) >= 11 is 0. The molecule has 0 spiro atoms. The van der Waals surface area contributed by atoms with Crippen LogP contribution in [0.4, 0.5) is 13.2 Å². The summed E-state index contributed by atoms with van der Waals surface area (Å²) < 4.78 is 69.5. The number of carboxylic acid groups (broad SMARTS) is 1. The van der Waals surface area contributed by atoms with Gasteiger partial charge in [-0.2, -0.15) is 17.9 Å². The van der Waals surface area contributed by atoms with Gasteiger partial charge in [0.2, 0.25) is 10.0 Å². The van der Waals surface area contributed by atoms with Gasteiger partial charge in [-0.15, -0.1) is 0 Å². The fraction of sp³-hybridized carbons (Fsp3) is 0.429. The fourth-order valence-electron chi connectivity index (χ4n) is 1.97. The highest BCUT2D eigenvalue weighted by Gasteiger charge is 2.35. The molecule has 25 heavy (non-hydrogen) atoms. The SMILES string of the molecule is CCCC(NS(=O)(=O)c1cc(C(F)(F)F)ccc1C(=O)OC)C(=O)O. The summed E-state index contributed by atoms with van der Waals surface area (Å²) in [5.41, 5.74) is -1.94. The van der Waals surface area contributed by atoms with Crippen molar-refractivity contribution in [2.75, 3.05) is 7.11 Å². The predicted octanol–water partition coefficient (Wildman–Crippen LogP) is 2.02. The van der Waals surface area contributed by atoms with E-state index in [9.17, 15) is 31.2 Å². The molecule has 7 nitrogen and oxygen atoms in total. The van der Waals surface area contributed by atoms with Crippen molar-refractivity contribution in [3.8, 4) is 0 Å². The van der Waals surface area contributed by atoms with E-state index in [4.69, 9.17) is 5.11 Å². The number of carbonyl (C=O) groups excluding carboxylic acids is 1. The van der Waals surface area contributed by atoms with Crippen LogP contribution in [0.3, 0.4) is 0 Å². The molecule has 0 saturated carbocycles. The minimum atomic E-state index is -4.85. The number of aliphatic carboxylic acids is 1. The summed E-state index contributed by atoms with van der Waals surface area (Å²) in [5, 5.41) is 9.02. The van der Waals surface area contributed by atoms with Crippen LogP contribution in [-0.2, 0) is 25.7 Å². The van der Waals surface area contributed by atoms with E-state index < -0.39 is 50.2 Å². The molecule has 1 rings (SSSR count). The van der Waals surface area contributed by atoms with Gasteiger partial charge in [-0.3, -0.25) is 4.79 Å². The molecule has 140 valence electrons. The van der Waals surface area contributed by atoms with E-state index in [2.05, 4.69) is 4.74 Å². The topological polar surface area (TPSA) is 110 Å². The molecule has 0 bridgehead atoms. The molecule has 11 heteroatoms. The van der Waals surface area contributed by atoms with Gasteiger partial charge >= 0.3 is 18.1 Å². The van der Waals surface area contributed by atoms with E-state index >= 15 is 0 Å². The number of nitrogens with one attached hydrogen (secondary N) is 1. The van der Waals surface area contributed by atoms with Crippen LogP contribution >= 0.6 is 0 Å². The van der Waals surface area contributed by atoms with Crippen molar-refractivity contribution in [1.29, 1.82) is 0 Å². The summed E-state index contributed by atoms with van der Waals surface area (Å²) in [6, 6.07) is -0.0837. The second kappa shape index (κ2) is 7.83. The lowest BCUT2D eigenvalue weighted by Gasteiger charge is -2.17. The number of benzene rings is 1. The van der Waals surface area contributed by atoms with Crippen molar-refractivity contribution in [2.24, 2.45) is 0 Å². The van der Waals surface area contributed by atoms with Crippen LogP contribution in [-0.4, -0.2) is 38.6 Å². The van der Waals surface area contributed by atoms with Gasteiger partial charge in [0.15, 0.2) is 0 Å². The third-order valence-corrected chi connectivity index (χ3v) is 4.69. The van der Waals surface area contributed by atoms with Gasteiger partial charge in [0.1, 0.15) is 6.04 Å². The van der Waals surface area contributed by atoms with Gasteiger partial charge in [-0.05, 0) is 24.6 Å². The Kier molecular flexibility index (Phi) is 6.54. The predicted molar refractivity (Wildman–Crippen MR) is 79.4 cm³/mol. The standard InChI is InChI=1S/C14H16F3NO6S/c1-3-4-10(12(19)20)18-25(22,23)11-7-8(14(15,16)17)5-6-9(11)13(21)24-2/h5-7,10,18H,3-4H2,1-2H3,(H,19,20). The molecular weight excluding hydrogens is 367 g/mol. The normalized spacial score (nSPS) is 13.3. The number of hydrogen-bond donors (Lipinski definition) is 2. The monoisotopic (exact) mass is 383 g/mol. The van der Waals surface area contributed by atoms with Gasteiger partial charge in [-0.1, -0.05) is 13.3 Å². The smallest absolute Gasteiger partial charge is 0.416 e. The molecule has 2 N–H and O–H groups in total. The Balaban J connectivity index is 3.48. The zero-order chi connectivity index (χ0) is 19.4. The van der Waals surface area contributed by atoms with Crippen LogP contribution in [0.15, 0.2) is 23.1 Å². The molecule has 0 aliphatic carbocycles. The van der Waals surface area contributed by atoms with Gasteiger partial charge < -0.3 is 9.84 Å². The molecule has 0 aliphatic rings. The minimum absolute atomic E-state index is 0.0823. The number of methoxy groups -OCH3 is 1. The van der Waals surface area contributed by atoms with Crippen molar-refractivity contribution in [2.45, 2.75) is 36.9 Å². The maximum atomic E-state index is 12.9. The van der Waals surface area contributed by atoms with Crippen molar-refractivity contribution < 1.29 is 41.0 Å². The van der Waals surface area contributed by atoms with Crippen molar-refractivity contribution in [3.05, 3.63) is 29.3 Å². The van der Waals surface area contributed by atoms with Gasteiger partial charge in [0, 0.05) is 0 Å². The maximum Gasteiger partial charge on any atom is 0.416 e. The second-order valence-electron chi connectivity index (χ2n) is 5.00. The van der Waals surface area contributed by atoms with Gasteiger partial charge in [0.25, 0.3) is 0 Å². The van der Waals surface area contributed by atoms with E-state index in [0.29, 0.717) is 18.6 Å². The number of hydrogen-bond acceptors (Lipinski definition) is 5. The molecule has 0 aromatic heterocycles. The van der Waals surface area contributed by atoms with Crippen LogP contribution in [0.25, 0.3) is 0 Å². The molecule has 1 aromatic rings. The first-order valence-corrected chi connectivity index (χ1v) is 8.47. The van der Waals surface area contributed by atoms with Crippen LogP contribution in [0, 0.1) is 0 Å². The average molecular weight is 383 g/mol. The first-order valence-electron chi connectivity index (χ1n) is 6.98. The van der Waals surface area contributed by atoms with Crippen molar-refractivity contribution >= 4 is 22.0 Å². The molecule has 0 radical (unpaired) electrons. The molecular formula is C14H16F3NO6S. The highest BCUT2D eigenvalue weighted by molar-refractivity contribution is 7.89. The van der Waals surface area contributed by atoms with E-state index in [1.165, 1.54) is 0 Å². The van der Waals surface area contributed by atoms with Crippen LogP contribution < -0.4 is 4.72 Å². The zero-order valence-electron chi connectivity index (χ0n) is 13.3. The number of halogens is 3. The Bertz CT molecular complexity index is 760. The quantitative estimate of drug-likeness (QED) is 0.697. The van der Waals surface area contributed by atoms with E-state index in [1.54, 1.807) is 11.6 Å². The molecule has 0 saturated heterocycles. The van der Waals surface area contributed by atoms with Crippen LogP contribution in [0.1, 0.15) is 35.7 Å². The Morgan fingerprint density at radius 3 is 2.36 bits per heavy atom. The molecule has 1 aromatic carbocycles. The Labute approximate surface area is 141 Å². The number of sulfonamides is 1. The van der Waals surface area contributed by atoms with E-state index in [1.807, 2.05) is 0 Å². The first kappa shape index (κ1) is 20.9. The number of ether oxygens (including phenoxy) is 1. The number of carboxylic acids is 1. The van der Waals surface area contributed by atoms with Gasteiger partial charge in [-0.25, -0.2) is 13.2 Å². The maximum absolute atomic E-state index is 12.9. The lowest BCUT2D eigenvalue weighted by Crippen LogP contribution is -2.41. The summed E-state index contributed by atoms with van der Waals surface area (Å²) in [6.45, 7) is 1.61. The highest BCUT2D eigenvalue weighted by atomic mass is 32.2. The van der Waals surface area contributed by atoms with Gasteiger partial charge in [0.05, 0.1) is 23.1 Å². The third-order valence-electron chi connectivity index (χ3n) is 3.18. The van der Waals surface area contributed by atoms with E-state index in [-0.39, 0.29) is 12.5 Å². The van der Waals surface area contributed by atoms with Crippen LogP contribution in [0.5, 0.6) is 0 Å². The Morgan fingerprint density at radius 1 is 1.32 bits per heavy atom. The molecule has 1 unspecified atom stereocenters. The van der Waals surface area contributed by atoms with Crippen LogP contribution in [0.2, 0.25) is 0 Å². The summed E-state index contributed by atoms with van der Waals surface area (Å²) in [5.74, 6) is -2.66. The lowest BCUT2D eigenvalue weighted by molar-refractivity contribution is -0.139. The Hall–Kier alpha value is -2.14. The third kappa shape index (κ3) is 5.16. The number of rotatable bonds is 7. The second-order valence-corrected chi connectivity index (χ2v) is 6.68. The summed E-state index contributed by atoms with van der Waals surface area (Å²) in [4.78, 5) is 21.8. The van der Waals surface area contributed by atoms with Crippen molar-refractivity contribution in [3.63, 3.8) is 0 Å². The molecule has 0 amide bonds. The molecule has 0 aliphatic heterocycles. The fourth-order valence-corrected chi connectivity index (χ4v) is 3.42. The highest BCUT2D eigenvalue weighted by Crippen LogP contribution is 2.32. The summed E-state index contributed by atoms with van der Waals surface area (Å²) in [7, 11) is -3.80. The molecule has 1 atom stereocenters. The van der Waals surface area contributed by atoms with E-state index in [0.717, 1.165) is 7.11 Å². The number of carbonyl (C=O) groups is 2. The molecule has 0 heterocycles. The average Bonchev–Trinajstić information content (AvgIpc) is 2.52. The number of alkyl halides is 3. The lowest BCUT2D eigenvalue weighted by atomic mass is 10.1. The number of esters is 1. The molecule has 0 fully saturated rings. The van der Waals surface area contributed by atoms with Crippen molar-refractivity contribution in [1.82, 2.24) is 4.72 Å². The Morgan fingerprint density at radius 2 is 1.92 bits per heavy atom. The largest absolute Gasteiger partial charge is 0.480 e. The zero-order valence-corrected chi connectivity index (χ0v) is 14.1. The minimum Gasteiger partial charge on any atom is -0.480 e.